The SMILES string of the molecule is Cc1ccc(Oc2nc(Cl)nc3sccc23)cc1. The molecular weight excluding hydrogens is 268 g/mol. The van der Waals surface area contributed by atoms with E-state index in [4.69, 9.17) is 16.3 Å². The maximum Gasteiger partial charge on any atom is 0.232 e. The van der Waals surface area contributed by atoms with Crippen LogP contribution >= 0.6 is 22.9 Å². The summed E-state index contributed by atoms with van der Waals surface area (Å²) in [6.45, 7) is 2.03. The molecule has 3 nitrogen and oxygen atoms in total. The zero-order chi connectivity index (χ0) is 12.5. The maximum absolute atomic E-state index is 5.88. The second-order valence-electron chi connectivity index (χ2n) is 3.85. The van der Waals surface area contributed by atoms with Gasteiger partial charge in [0.05, 0.1) is 5.39 Å². The van der Waals surface area contributed by atoms with Crippen LogP contribution in [-0.2, 0) is 0 Å². The number of benzene rings is 1. The van der Waals surface area contributed by atoms with Gasteiger partial charge in [-0.3, -0.25) is 0 Å². The van der Waals surface area contributed by atoms with Crippen molar-refractivity contribution >= 4 is 33.2 Å². The molecule has 0 bridgehead atoms. The lowest BCUT2D eigenvalue weighted by Crippen LogP contribution is -1.91. The molecule has 0 N–H and O–H groups in total. The molecule has 0 aliphatic rings. The third kappa shape index (κ3) is 2.17. The van der Waals surface area contributed by atoms with Crippen LogP contribution < -0.4 is 4.74 Å². The molecule has 3 rings (SSSR count). The summed E-state index contributed by atoms with van der Waals surface area (Å²) >= 11 is 7.39. The van der Waals surface area contributed by atoms with E-state index in [-0.39, 0.29) is 5.28 Å². The van der Waals surface area contributed by atoms with Crippen LogP contribution in [0.2, 0.25) is 5.28 Å². The molecule has 0 saturated carbocycles. The van der Waals surface area contributed by atoms with Crippen LogP contribution in [0.3, 0.4) is 0 Å². The van der Waals surface area contributed by atoms with Crippen LogP contribution in [0.25, 0.3) is 10.2 Å². The molecular formula is C13H9ClN2OS. The highest BCUT2D eigenvalue weighted by Gasteiger charge is 2.09. The lowest BCUT2D eigenvalue weighted by atomic mass is 10.2. The lowest BCUT2D eigenvalue weighted by Gasteiger charge is -2.06. The van der Waals surface area contributed by atoms with Crippen molar-refractivity contribution in [1.82, 2.24) is 9.97 Å². The first-order chi connectivity index (χ1) is 8.72. The number of aromatic nitrogens is 2. The third-order valence-electron chi connectivity index (χ3n) is 2.50. The molecule has 2 aromatic heterocycles. The van der Waals surface area contributed by atoms with Gasteiger partial charge in [-0.25, -0.2) is 4.98 Å². The summed E-state index contributed by atoms with van der Waals surface area (Å²) in [5.41, 5.74) is 1.18. The Hall–Kier alpha value is -1.65. The van der Waals surface area contributed by atoms with Gasteiger partial charge in [-0.05, 0) is 42.1 Å². The van der Waals surface area contributed by atoms with Gasteiger partial charge in [-0.15, -0.1) is 11.3 Å². The molecule has 0 aliphatic heterocycles. The third-order valence-corrected chi connectivity index (χ3v) is 3.47. The molecule has 1 aromatic carbocycles. The van der Waals surface area contributed by atoms with Gasteiger partial charge in [-0.1, -0.05) is 17.7 Å². The van der Waals surface area contributed by atoms with Gasteiger partial charge in [0.25, 0.3) is 0 Å². The van der Waals surface area contributed by atoms with Gasteiger partial charge in [0.15, 0.2) is 0 Å². The normalized spacial score (nSPS) is 10.8. The molecule has 18 heavy (non-hydrogen) atoms. The van der Waals surface area contributed by atoms with Gasteiger partial charge in [0.1, 0.15) is 10.6 Å². The monoisotopic (exact) mass is 276 g/mol. The number of aryl methyl sites for hydroxylation is 1. The Labute approximate surface area is 113 Å². The molecule has 0 fully saturated rings. The Morgan fingerprint density at radius 3 is 2.67 bits per heavy atom. The quantitative estimate of drug-likeness (QED) is 0.649. The van der Waals surface area contributed by atoms with Crippen molar-refractivity contribution in [2.45, 2.75) is 6.92 Å². The highest BCUT2D eigenvalue weighted by Crippen LogP contribution is 2.31. The molecule has 0 radical (unpaired) electrons. The molecule has 2 heterocycles. The predicted octanol–water partition coefficient (Wildman–Crippen LogP) is 4.45. The number of halogens is 1. The van der Waals surface area contributed by atoms with Crippen molar-refractivity contribution < 1.29 is 4.74 Å². The van der Waals surface area contributed by atoms with Gasteiger partial charge in [-0.2, -0.15) is 4.98 Å². The van der Waals surface area contributed by atoms with E-state index in [1.54, 1.807) is 0 Å². The van der Waals surface area contributed by atoms with E-state index in [2.05, 4.69) is 9.97 Å². The molecule has 0 aliphatic carbocycles. The molecule has 5 heteroatoms. The maximum atomic E-state index is 5.88. The first-order valence-corrected chi connectivity index (χ1v) is 6.63. The molecule has 0 spiro atoms. The van der Waals surface area contributed by atoms with Crippen molar-refractivity contribution in [3.05, 3.63) is 46.6 Å². The van der Waals surface area contributed by atoms with Crippen LogP contribution in [0, 0.1) is 6.92 Å². The van der Waals surface area contributed by atoms with E-state index >= 15 is 0 Å². The van der Waals surface area contributed by atoms with Gasteiger partial charge in [0.2, 0.25) is 11.2 Å². The largest absolute Gasteiger partial charge is 0.438 e. The number of hydrogen-bond donors (Lipinski definition) is 0. The molecule has 0 amide bonds. The van der Waals surface area contributed by atoms with Crippen molar-refractivity contribution in [1.29, 1.82) is 0 Å². The van der Waals surface area contributed by atoms with Crippen LogP contribution in [0.1, 0.15) is 5.56 Å². The number of hydrogen-bond acceptors (Lipinski definition) is 4. The number of ether oxygens (including phenoxy) is 1. The second kappa shape index (κ2) is 4.55. The zero-order valence-electron chi connectivity index (χ0n) is 9.55. The van der Waals surface area contributed by atoms with E-state index in [9.17, 15) is 0 Å². The summed E-state index contributed by atoms with van der Waals surface area (Å²) in [4.78, 5) is 9.11. The van der Waals surface area contributed by atoms with E-state index in [0.717, 1.165) is 16.0 Å². The van der Waals surface area contributed by atoms with E-state index < -0.39 is 0 Å². The standard InChI is InChI=1S/C13H9ClN2OS/c1-8-2-4-9(5-3-8)17-11-10-6-7-18-12(10)16-13(14)15-11/h2-7H,1H3. The molecule has 0 saturated heterocycles. The molecule has 0 unspecified atom stereocenters. The fraction of sp³-hybridized carbons (Fsp3) is 0.0769. The Bertz CT molecular complexity index is 694. The van der Waals surface area contributed by atoms with E-state index in [1.807, 2.05) is 42.6 Å². The average molecular weight is 277 g/mol. The van der Waals surface area contributed by atoms with Crippen LogP contribution in [0.4, 0.5) is 0 Å². The Morgan fingerprint density at radius 1 is 1.11 bits per heavy atom. The molecule has 90 valence electrons. The summed E-state index contributed by atoms with van der Waals surface area (Å²) in [6.07, 6.45) is 0. The Kier molecular flexibility index (Phi) is 2.89. The Morgan fingerprint density at radius 2 is 1.89 bits per heavy atom. The highest BCUT2D eigenvalue weighted by atomic mass is 35.5. The first kappa shape index (κ1) is 11.4. The van der Waals surface area contributed by atoms with Crippen LogP contribution in [-0.4, -0.2) is 9.97 Å². The zero-order valence-corrected chi connectivity index (χ0v) is 11.1. The van der Waals surface area contributed by atoms with Gasteiger partial charge >= 0.3 is 0 Å². The summed E-state index contributed by atoms with van der Waals surface area (Å²) in [7, 11) is 0. The van der Waals surface area contributed by atoms with Crippen molar-refractivity contribution in [2.24, 2.45) is 0 Å². The minimum Gasteiger partial charge on any atom is -0.438 e. The molecule has 0 atom stereocenters. The minimum absolute atomic E-state index is 0.201. The van der Waals surface area contributed by atoms with Crippen molar-refractivity contribution in [3.8, 4) is 11.6 Å². The number of nitrogens with zero attached hydrogens (tertiary/aromatic N) is 2. The summed E-state index contributed by atoms with van der Waals surface area (Å²) in [6, 6.07) is 9.72. The summed E-state index contributed by atoms with van der Waals surface area (Å²) < 4.78 is 5.76. The summed E-state index contributed by atoms with van der Waals surface area (Å²) in [5.74, 6) is 1.23. The van der Waals surface area contributed by atoms with Crippen molar-refractivity contribution in [3.63, 3.8) is 0 Å². The van der Waals surface area contributed by atoms with Crippen molar-refractivity contribution in [2.75, 3.05) is 0 Å². The summed E-state index contributed by atoms with van der Waals surface area (Å²) in [5, 5.41) is 3.02. The predicted molar refractivity (Wildman–Crippen MR) is 73.7 cm³/mol. The number of fused-ring (bicyclic) bond motifs is 1. The van der Waals surface area contributed by atoms with Crippen LogP contribution in [0.5, 0.6) is 11.6 Å². The van der Waals surface area contributed by atoms with E-state index in [1.165, 1.54) is 16.9 Å². The fourth-order valence-corrected chi connectivity index (χ4v) is 2.57. The highest BCUT2D eigenvalue weighted by molar-refractivity contribution is 7.16. The van der Waals surface area contributed by atoms with Gasteiger partial charge in [0, 0.05) is 0 Å². The van der Waals surface area contributed by atoms with Crippen LogP contribution in [0.15, 0.2) is 35.7 Å². The fourth-order valence-electron chi connectivity index (χ4n) is 1.60. The number of thiophene rings is 1. The minimum atomic E-state index is 0.201. The second-order valence-corrected chi connectivity index (χ2v) is 5.08. The number of rotatable bonds is 2. The smallest absolute Gasteiger partial charge is 0.232 e. The average Bonchev–Trinajstić information content (AvgIpc) is 2.80. The molecule has 3 aromatic rings. The van der Waals surface area contributed by atoms with Gasteiger partial charge < -0.3 is 4.74 Å². The first-order valence-electron chi connectivity index (χ1n) is 5.37. The topological polar surface area (TPSA) is 35.0 Å². The van der Waals surface area contributed by atoms with E-state index in [0.29, 0.717) is 5.88 Å². The Balaban J connectivity index is 2.03. The lowest BCUT2D eigenvalue weighted by molar-refractivity contribution is 0.468.